The predicted octanol–water partition coefficient (Wildman–Crippen LogP) is 4.03. The molecule has 0 saturated carbocycles. The first-order valence-corrected chi connectivity index (χ1v) is 8.85. The number of aromatic nitrogens is 2. The van der Waals surface area contributed by atoms with Crippen LogP contribution in [0.1, 0.15) is 29.2 Å². The monoisotopic (exact) mass is 343 g/mol. The van der Waals surface area contributed by atoms with Gasteiger partial charge in [-0.2, -0.15) is 5.10 Å². The van der Waals surface area contributed by atoms with Crippen LogP contribution in [0.25, 0.3) is 11.8 Å². The van der Waals surface area contributed by atoms with Gasteiger partial charge in [0.15, 0.2) is 0 Å². The average molecular weight is 343 g/mol. The van der Waals surface area contributed by atoms with Crippen molar-refractivity contribution in [2.24, 2.45) is 0 Å². The minimum atomic E-state index is 0.0131. The molecule has 1 heterocycles. The smallest absolute Gasteiger partial charge is 0.246 e. The SMILES string of the molecule is CN(C(=O)/C=C/c1cnn(-c2ccccc2)c1)[C@H]1CCc2ccccc21. The fourth-order valence-corrected chi connectivity index (χ4v) is 3.52. The summed E-state index contributed by atoms with van der Waals surface area (Å²) in [5.41, 5.74) is 4.53. The van der Waals surface area contributed by atoms with Crippen LogP contribution in [-0.2, 0) is 11.2 Å². The van der Waals surface area contributed by atoms with Gasteiger partial charge in [-0.1, -0.05) is 42.5 Å². The van der Waals surface area contributed by atoms with Gasteiger partial charge in [-0.3, -0.25) is 4.79 Å². The first-order chi connectivity index (χ1) is 12.7. The normalized spacial score (nSPS) is 16.0. The van der Waals surface area contributed by atoms with Crippen LogP contribution in [0.4, 0.5) is 0 Å². The van der Waals surface area contributed by atoms with Crippen molar-refractivity contribution in [2.45, 2.75) is 18.9 Å². The number of carbonyl (C=O) groups is 1. The van der Waals surface area contributed by atoms with Gasteiger partial charge in [-0.15, -0.1) is 0 Å². The molecule has 4 heteroatoms. The Morgan fingerprint density at radius 1 is 1.15 bits per heavy atom. The van der Waals surface area contributed by atoms with Gasteiger partial charge in [0.05, 0.1) is 17.9 Å². The molecule has 1 aromatic heterocycles. The van der Waals surface area contributed by atoms with Gasteiger partial charge in [0.25, 0.3) is 0 Å². The van der Waals surface area contributed by atoms with Crippen LogP contribution in [0.3, 0.4) is 0 Å². The molecule has 26 heavy (non-hydrogen) atoms. The van der Waals surface area contributed by atoms with Crippen LogP contribution in [0.15, 0.2) is 73.1 Å². The fraction of sp³-hybridized carbons (Fsp3) is 0.182. The molecular formula is C22H21N3O. The van der Waals surface area contributed by atoms with Crippen molar-refractivity contribution < 1.29 is 4.79 Å². The van der Waals surface area contributed by atoms with Crippen molar-refractivity contribution >= 4 is 12.0 Å². The number of nitrogens with zero attached hydrogens (tertiary/aromatic N) is 3. The average Bonchev–Trinajstić information content (AvgIpc) is 3.33. The highest BCUT2D eigenvalue weighted by atomic mass is 16.2. The second kappa shape index (κ2) is 7.00. The molecular weight excluding hydrogens is 322 g/mol. The summed E-state index contributed by atoms with van der Waals surface area (Å²) in [5.74, 6) is 0.0131. The Kier molecular flexibility index (Phi) is 4.40. The van der Waals surface area contributed by atoms with Gasteiger partial charge >= 0.3 is 0 Å². The molecule has 1 aliphatic carbocycles. The topological polar surface area (TPSA) is 38.1 Å². The van der Waals surface area contributed by atoms with Crippen molar-refractivity contribution in [1.29, 1.82) is 0 Å². The third-order valence-corrected chi connectivity index (χ3v) is 4.96. The second-order valence-corrected chi connectivity index (χ2v) is 6.59. The van der Waals surface area contributed by atoms with Crippen molar-refractivity contribution in [3.63, 3.8) is 0 Å². The van der Waals surface area contributed by atoms with E-state index in [2.05, 4.69) is 23.3 Å². The molecule has 1 amide bonds. The minimum Gasteiger partial charge on any atom is -0.335 e. The molecule has 0 radical (unpaired) electrons. The van der Waals surface area contributed by atoms with Crippen LogP contribution in [0.2, 0.25) is 0 Å². The molecule has 4 nitrogen and oxygen atoms in total. The van der Waals surface area contributed by atoms with E-state index in [-0.39, 0.29) is 11.9 Å². The maximum absolute atomic E-state index is 12.6. The third-order valence-electron chi connectivity index (χ3n) is 4.96. The number of likely N-dealkylation sites (N-methyl/N-ethyl adjacent to an activating group) is 1. The number of amides is 1. The summed E-state index contributed by atoms with van der Waals surface area (Å²) < 4.78 is 1.81. The van der Waals surface area contributed by atoms with E-state index in [0.717, 1.165) is 24.1 Å². The Morgan fingerprint density at radius 2 is 1.92 bits per heavy atom. The van der Waals surface area contributed by atoms with Crippen LogP contribution >= 0.6 is 0 Å². The highest BCUT2D eigenvalue weighted by Gasteiger charge is 2.27. The van der Waals surface area contributed by atoms with E-state index in [4.69, 9.17) is 0 Å². The zero-order valence-corrected chi connectivity index (χ0v) is 14.7. The van der Waals surface area contributed by atoms with Crippen molar-refractivity contribution in [3.05, 3.63) is 89.8 Å². The van der Waals surface area contributed by atoms with E-state index in [1.54, 1.807) is 17.0 Å². The standard InChI is InChI=1S/C22H21N3O/c1-24(21-13-12-18-7-5-6-10-20(18)21)22(26)14-11-17-15-23-25(16-17)19-8-3-2-4-9-19/h2-11,14-16,21H,12-13H2,1H3/b14-11+/t21-/m0/s1. The van der Waals surface area contributed by atoms with Gasteiger partial charge < -0.3 is 4.90 Å². The zero-order chi connectivity index (χ0) is 17.9. The molecule has 0 fully saturated rings. The number of aryl methyl sites for hydroxylation is 1. The first-order valence-electron chi connectivity index (χ1n) is 8.85. The van der Waals surface area contributed by atoms with Gasteiger partial charge in [0.2, 0.25) is 5.91 Å². The quantitative estimate of drug-likeness (QED) is 0.671. The van der Waals surface area contributed by atoms with Crippen LogP contribution < -0.4 is 0 Å². The van der Waals surface area contributed by atoms with E-state index >= 15 is 0 Å². The molecule has 0 unspecified atom stereocenters. The number of rotatable bonds is 4. The van der Waals surface area contributed by atoms with Gasteiger partial charge in [0.1, 0.15) is 0 Å². The summed E-state index contributed by atoms with van der Waals surface area (Å²) in [4.78, 5) is 14.4. The molecule has 4 rings (SSSR count). The third kappa shape index (κ3) is 3.18. The molecule has 0 bridgehead atoms. The summed E-state index contributed by atoms with van der Waals surface area (Å²) in [5, 5.41) is 4.36. The molecule has 2 aromatic carbocycles. The largest absolute Gasteiger partial charge is 0.335 e. The lowest BCUT2D eigenvalue weighted by Crippen LogP contribution is -2.28. The van der Waals surface area contributed by atoms with Crippen molar-refractivity contribution in [3.8, 4) is 5.69 Å². The van der Waals surface area contributed by atoms with E-state index in [1.807, 2.05) is 60.6 Å². The highest BCUT2D eigenvalue weighted by Crippen LogP contribution is 2.34. The zero-order valence-electron chi connectivity index (χ0n) is 14.7. The number of hydrogen-bond acceptors (Lipinski definition) is 2. The highest BCUT2D eigenvalue weighted by molar-refractivity contribution is 5.91. The predicted molar refractivity (Wildman–Crippen MR) is 103 cm³/mol. The van der Waals surface area contributed by atoms with Crippen molar-refractivity contribution in [2.75, 3.05) is 7.05 Å². The Morgan fingerprint density at radius 3 is 2.77 bits per heavy atom. The number of hydrogen-bond donors (Lipinski definition) is 0. The van der Waals surface area contributed by atoms with E-state index in [9.17, 15) is 4.79 Å². The van der Waals surface area contributed by atoms with E-state index < -0.39 is 0 Å². The van der Waals surface area contributed by atoms with E-state index in [0.29, 0.717) is 0 Å². The lowest BCUT2D eigenvalue weighted by molar-refractivity contribution is -0.126. The number of carbonyl (C=O) groups excluding carboxylic acids is 1. The van der Waals surface area contributed by atoms with Crippen LogP contribution in [0, 0.1) is 0 Å². The second-order valence-electron chi connectivity index (χ2n) is 6.59. The summed E-state index contributed by atoms with van der Waals surface area (Å²) in [6, 6.07) is 18.5. The maximum atomic E-state index is 12.6. The molecule has 1 aliphatic rings. The summed E-state index contributed by atoms with van der Waals surface area (Å²) in [6.45, 7) is 0. The van der Waals surface area contributed by atoms with Gasteiger partial charge in [-0.05, 0) is 42.2 Å². The Bertz CT molecular complexity index is 943. The Hall–Kier alpha value is -3.14. The summed E-state index contributed by atoms with van der Waals surface area (Å²) >= 11 is 0. The van der Waals surface area contributed by atoms with E-state index in [1.165, 1.54) is 11.1 Å². The summed E-state index contributed by atoms with van der Waals surface area (Å²) in [7, 11) is 1.88. The lowest BCUT2D eigenvalue weighted by atomic mass is 10.1. The molecule has 130 valence electrons. The van der Waals surface area contributed by atoms with Gasteiger partial charge in [-0.25, -0.2) is 4.68 Å². The minimum absolute atomic E-state index is 0.0131. The molecule has 0 saturated heterocycles. The maximum Gasteiger partial charge on any atom is 0.246 e. The molecule has 0 aliphatic heterocycles. The number of benzene rings is 2. The van der Waals surface area contributed by atoms with Crippen LogP contribution in [-0.4, -0.2) is 27.6 Å². The lowest BCUT2D eigenvalue weighted by Gasteiger charge is -2.24. The summed E-state index contributed by atoms with van der Waals surface area (Å²) in [6.07, 6.45) is 9.17. The first kappa shape index (κ1) is 16.3. The Balaban J connectivity index is 1.46. The van der Waals surface area contributed by atoms with Crippen LogP contribution in [0.5, 0.6) is 0 Å². The number of fused-ring (bicyclic) bond motifs is 1. The van der Waals surface area contributed by atoms with Gasteiger partial charge in [0, 0.05) is 24.9 Å². The molecule has 1 atom stereocenters. The Labute approximate surface area is 153 Å². The molecule has 3 aromatic rings. The molecule has 0 spiro atoms. The fourth-order valence-electron chi connectivity index (χ4n) is 3.52. The van der Waals surface area contributed by atoms with Crippen molar-refractivity contribution in [1.82, 2.24) is 14.7 Å². The number of para-hydroxylation sites is 1. The molecule has 0 N–H and O–H groups in total.